The molecule has 8 nitrogen and oxygen atoms in total. The summed E-state index contributed by atoms with van der Waals surface area (Å²) in [5.74, 6) is 0.795. The van der Waals surface area contributed by atoms with Crippen LogP contribution in [0.3, 0.4) is 0 Å². The fraction of sp³-hybridized carbons (Fsp3) is 0.265. The Morgan fingerprint density at radius 2 is 1.88 bits per heavy atom. The highest BCUT2D eigenvalue weighted by Gasteiger charge is 2.16. The van der Waals surface area contributed by atoms with Gasteiger partial charge in [0.25, 0.3) is 0 Å². The standard InChI is InChI=1S/C34H34ClN5O3/c1-2-42-32-20-29-27(19-30(32)39-33(41)12-9-17-40-15-7-4-8-16-40)34(25(21-36)22-37-29)38-26-13-14-31(28(35)18-26)43-23-24-10-5-3-6-11-24/h3,5-6,9-14,18-20,22H,2,4,7-8,15-17,23H2,1H3,(H,37,38)(H,39,41). The summed E-state index contributed by atoms with van der Waals surface area (Å²) in [4.78, 5) is 19.7. The van der Waals surface area contributed by atoms with Gasteiger partial charge in [0.1, 0.15) is 24.2 Å². The molecule has 0 atom stereocenters. The number of carbonyl (C=O) groups is 1. The van der Waals surface area contributed by atoms with E-state index in [1.165, 1.54) is 25.5 Å². The van der Waals surface area contributed by atoms with E-state index in [2.05, 4.69) is 26.6 Å². The molecule has 1 saturated heterocycles. The number of hydrogen-bond acceptors (Lipinski definition) is 7. The fourth-order valence-corrected chi connectivity index (χ4v) is 5.25. The lowest BCUT2D eigenvalue weighted by molar-refractivity contribution is -0.111. The number of rotatable bonds is 11. The van der Waals surface area contributed by atoms with E-state index in [1.807, 2.05) is 49.4 Å². The molecule has 1 fully saturated rings. The molecule has 0 bridgehead atoms. The molecule has 1 aromatic heterocycles. The second kappa shape index (κ2) is 14.5. The molecule has 4 aromatic rings. The molecule has 0 radical (unpaired) electrons. The Hall–Kier alpha value is -4.58. The first-order valence-electron chi connectivity index (χ1n) is 14.5. The molecular weight excluding hydrogens is 562 g/mol. The quantitative estimate of drug-likeness (QED) is 0.174. The van der Waals surface area contributed by atoms with E-state index in [4.69, 9.17) is 21.1 Å². The molecule has 1 aliphatic rings. The summed E-state index contributed by atoms with van der Waals surface area (Å²) in [6.07, 6.45) is 8.62. The van der Waals surface area contributed by atoms with Crippen molar-refractivity contribution < 1.29 is 14.3 Å². The van der Waals surface area contributed by atoms with Crippen molar-refractivity contribution >= 4 is 45.5 Å². The SMILES string of the molecule is CCOc1cc2ncc(C#N)c(Nc3ccc(OCc4ccccc4)c(Cl)c3)c2cc1NC(=O)C=CCN1CCCCC1. The number of nitrogens with zero attached hydrogens (tertiary/aromatic N) is 3. The van der Waals surface area contributed by atoms with Gasteiger partial charge in [-0.05, 0) is 62.7 Å². The van der Waals surface area contributed by atoms with E-state index in [0.717, 1.165) is 25.2 Å². The monoisotopic (exact) mass is 595 g/mol. The Labute approximate surface area is 256 Å². The number of hydrogen-bond donors (Lipinski definition) is 2. The number of carbonyl (C=O) groups excluding carboxylic acids is 1. The Kier molecular flexibility index (Phi) is 10.1. The zero-order valence-electron chi connectivity index (χ0n) is 24.1. The minimum atomic E-state index is -0.255. The number of benzene rings is 3. The lowest BCUT2D eigenvalue weighted by Crippen LogP contribution is -2.29. The molecule has 220 valence electrons. The molecule has 0 aliphatic carbocycles. The molecule has 43 heavy (non-hydrogen) atoms. The number of fused-ring (bicyclic) bond motifs is 1. The number of amides is 1. The summed E-state index contributed by atoms with van der Waals surface area (Å²) in [6.45, 7) is 5.55. The Morgan fingerprint density at radius 1 is 1.07 bits per heavy atom. The summed E-state index contributed by atoms with van der Waals surface area (Å²) >= 11 is 6.57. The van der Waals surface area contributed by atoms with Crippen LogP contribution in [0.25, 0.3) is 10.9 Å². The van der Waals surface area contributed by atoms with Crippen molar-refractivity contribution in [2.24, 2.45) is 0 Å². The lowest BCUT2D eigenvalue weighted by atomic mass is 10.1. The minimum absolute atomic E-state index is 0.255. The predicted molar refractivity (Wildman–Crippen MR) is 171 cm³/mol. The van der Waals surface area contributed by atoms with E-state index in [9.17, 15) is 10.1 Å². The van der Waals surface area contributed by atoms with Gasteiger partial charge in [0.15, 0.2) is 0 Å². The first-order valence-corrected chi connectivity index (χ1v) is 14.8. The van der Waals surface area contributed by atoms with E-state index in [0.29, 0.717) is 63.3 Å². The van der Waals surface area contributed by atoms with Crippen LogP contribution in [0.5, 0.6) is 11.5 Å². The molecule has 9 heteroatoms. The largest absolute Gasteiger partial charge is 0.492 e. The minimum Gasteiger partial charge on any atom is -0.492 e. The van der Waals surface area contributed by atoms with Gasteiger partial charge in [-0.1, -0.05) is 54.4 Å². The smallest absolute Gasteiger partial charge is 0.248 e. The third-order valence-electron chi connectivity index (χ3n) is 7.17. The highest BCUT2D eigenvalue weighted by atomic mass is 35.5. The van der Waals surface area contributed by atoms with Crippen LogP contribution in [0.4, 0.5) is 17.1 Å². The van der Waals surface area contributed by atoms with Crippen LogP contribution in [-0.2, 0) is 11.4 Å². The number of ether oxygens (including phenoxy) is 2. The maximum absolute atomic E-state index is 12.9. The van der Waals surface area contributed by atoms with Crippen LogP contribution < -0.4 is 20.1 Å². The summed E-state index contributed by atoms with van der Waals surface area (Å²) in [5, 5.41) is 17.3. The van der Waals surface area contributed by atoms with Gasteiger partial charge in [-0.25, -0.2) is 0 Å². The van der Waals surface area contributed by atoms with Gasteiger partial charge in [-0.15, -0.1) is 0 Å². The molecule has 0 unspecified atom stereocenters. The fourth-order valence-electron chi connectivity index (χ4n) is 5.01. The highest BCUT2D eigenvalue weighted by Crippen LogP contribution is 2.37. The Bertz CT molecular complexity index is 1650. The van der Waals surface area contributed by atoms with E-state index in [1.54, 1.807) is 30.3 Å². The van der Waals surface area contributed by atoms with Crippen LogP contribution >= 0.6 is 11.6 Å². The topological polar surface area (TPSA) is 99.5 Å². The molecule has 3 aromatic carbocycles. The normalized spacial score (nSPS) is 13.5. The number of likely N-dealkylation sites (tertiary alicyclic amines) is 1. The third-order valence-corrected chi connectivity index (χ3v) is 7.46. The van der Waals surface area contributed by atoms with Crippen molar-refractivity contribution in [3.8, 4) is 17.6 Å². The van der Waals surface area contributed by atoms with E-state index in [-0.39, 0.29) is 5.91 Å². The predicted octanol–water partition coefficient (Wildman–Crippen LogP) is 7.46. The number of nitriles is 1. The van der Waals surface area contributed by atoms with Crippen LogP contribution in [0.2, 0.25) is 5.02 Å². The average Bonchev–Trinajstić information content (AvgIpc) is 3.02. The second-order valence-corrected chi connectivity index (χ2v) is 10.7. The van der Waals surface area contributed by atoms with Gasteiger partial charge in [0, 0.05) is 36.0 Å². The van der Waals surface area contributed by atoms with Crippen molar-refractivity contribution in [3.63, 3.8) is 0 Å². The molecule has 5 rings (SSSR count). The number of anilines is 3. The molecule has 2 N–H and O–H groups in total. The molecule has 2 heterocycles. The summed E-state index contributed by atoms with van der Waals surface area (Å²) in [5.41, 5.74) is 3.69. The molecule has 0 spiro atoms. The van der Waals surface area contributed by atoms with Crippen LogP contribution in [0.1, 0.15) is 37.3 Å². The average molecular weight is 596 g/mol. The Balaban J connectivity index is 1.38. The zero-order chi connectivity index (χ0) is 30.0. The van der Waals surface area contributed by atoms with E-state index < -0.39 is 0 Å². The maximum atomic E-state index is 12.9. The van der Waals surface area contributed by atoms with Gasteiger partial charge in [-0.3, -0.25) is 14.7 Å². The van der Waals surface area contributed by atoms with Gasteiger partial charge < -0.3 is 20.1 Å². The molecule has 1 amide bonds. The number of aromatic nitrogens is 1. The first kappa shape index (κ1) is 29.9. The first-order chi connectivity index (χ1) is 21.0. The van der Waals surface area contributed by atoms with Crippen molar-refractivity contribution in [2.45, 2.75) is 32.8 Å². The van der Waals surface area contributed by atoms with Crippen LogP contribution in [0.15, 0.2) is 79.0 Å². The lowest BCUT2D eigenvalue weighted by Gasteiger charge is -2.24. The number of nitrogens with one attached hydrogen (secondary N) is 2. The zero-order valence-corrected chi connectivity index (χ0v) is 24.9. The van der Waals surface area contributed by atoms with Crippen LogP contribution in [0, 0.1) is 11.3 Å². The molecule has 0 saturated carbocycles. The summed E-state index contributed by atoms with van der Waals surface area (Å²) in [6, 6.07) is 21.0. The Morgan fingerprint density at radius 3 is 2.63 bits per heavy atom. The van der Waals surface area contributed by atoms with Crippen molar-refractivity contribution in [1.29, 1.82) is 5.26 Å². The van der Waals surface area contributed by atoms with Gasteiger partial charge in [-0.2, -0.15) is 5.26 Å². The van der Waals surface area contributed by atoms with Crippen molar-refractivity contribution in [3.05, 3.63) is 95.2 Å². The van der Waals surface area contributed by atoms with Crippen LogP contribution in [-0.4, -0.2) is 42.0 Å². The van der Waals surface area contributed by atoms with Gasteiger partial charge in [0.2, 0.25) is 5.91 Å². The molecule has 1 aliphatic heterocycles. The molecular formula is C34H34ClN5O3. The van der Waals surface area contributed by atoms with Gasteiger partial charge in [0.05, 0.1) is 34.1 Å². The van der Waals surface area contributed by atoms with E-state index >= 15 is 0 Å². The third kappa shape index (κ3) is 7.83. The second-order valence-electron chi connectivity index (χ2n) is 10.3. The highest BCUT2D eigenvalue weighted by molar-refractivity contribution is 6.32. The van der Waals surface area contributed by atoms with Gasteiger partial charge >= 0.3 is 0 Å². The summed E-state index contributed by atoms with van der Waals surface area (Å²) in [7, 11) is 0. The summed E-state index contributed by atoms with van der Waals surface area (Å²) < 4.78 is 11.8. The number of piperidine rings is 1. The number of halogens is 1. The maximum Gasteiger partial charge on any atom is 0.248 e. The van der Waals surface area contributed by atoms with Crippen molar-refractivity contribution in [1.82, 2.24) is 9.88 Å². The van der Waals surface area contributed by atoms with Crippen molar-refractivity contribution in [2.75, 3.05) is 36.9 Å². The number of pyridine rings is 1.